The molecule has 1 rings (SSSR count). The van der Waals surface area contributed by atoms with Gasteiger partial charge in [0.2, 0.25) is 0 Å². The molecule has 0 spiro atoms. The average Bonchev–Trinajstić information content (AvgIpc) is 1.97. The maximum absolute atomic E-state index is 9.09. The second-order valence-electron chi connectivity index (χ2n) is 2.70. The lowest BCUT2D eigenvalue weighted by Gasteiger charge is -2.36. The Bertz CT molecular complexity index is 125. The maximum Gasteiger partial charge on any atom is 0.183 e. The molecule has 4 N–H and O–H groups in total. The SMILES string of the molecule is CC1OC(O)[C@@H](O)[C@H](O)[C@H]1O. The Morgan fingerprint density at radius 2 is 1.45 bits per heavy atom. The Morgan fingerprint density at radius 3 is 2.00 bits per heavy atom. The molecular formula is C6H12O5. The summed E-state index contributed by atoms with van der Waals surface area (Å²) in [6.45, 7) is 1.50. The van der Waals surface area contributed by atoms with Crippen LogP contribution in [-0.2, 0) is 4.74 Å². The van der Waals surface area contributed by atoms with Gasteiger partial charge >= 0.3 is 0 Å². The van der Waals surface area contributed by atoms with Crippen molar-refractivity contribution in [1.29, 1.82) is 0 Å². The zero-order valence-corrected chi connectivity index (χ0v) is 6.08. The molecule has 11 heavy (non-hydrogen) atoms. The number of aliphatic hydroxyl groups is 4. The van der Waals surface area contributed by atoms with Crippen LogP contribution in [0.1, 0.15) is 6.92 Å². The zero-order valence-electron chi connectivity index (χ0n) is 6.08. The minimum absolute atomic E-state index is 0.664. The molecule has 0 aromatic carbocycles. The second-order valence-corrected chi connectivity index (χ2v) is 2.70. The van der Waals surface area contributed by atoms with E-state index >= 15 is 0 Å². The maximum atomic E-state index is 9.09. The van der Waals surface area contributed by atoms with Gasteiger partial charge in [-0.15, -0.1) is 0 Å². The normalized spacial score (nSPS) is 52.6. The number of rotatable bonds is 0. The van der Waals surface area contributed by atoms with Crippen LogP contribution in [0.25, 0.3) is 0 Å². The Morgan fingerprint density at radius 1 is 0.909 bits per heavy atom. The van der Waals surface area contributed by atoms with Crippen LogP contribution in [0.3, 0.4) is 0 Å². The van der Waals surface area contributed by atoms with E-state index in [9.17, 15) is 0 Å². The van der Waals surface area contributed by atoms with Gasteiger partial charge < -0.3 is 25.2 Å². The first-order valence-corrected chi connectivity index (χ1v) is 3.41. The van der Waals surface area contributed by atoms with Crippen LogP contribution in [0.4, 0.5) is 0 Å². The highest BCUT2D eigenvalue weighted by Crippen LogP contribution is 2.18. The van der Waals surface area contributed by atoms with Crippen LogP contribution in [0.2, 0.25) is 0 Å². The predicted molar refractivity (Wildman–Crippen MR) is 34.6 cm³/mol. The van der Waals surface area contributed by atoms with Gasteiger partial charge in [0.05, 0.1) is 6.10 Å². The van der Waals surface area contributed by atoms with E-state index < -0.39 is 30.7 Å². The fourth-order valence-corrected chi connectivity index (χ4v) is 1.03. The van der Waals surface area contributed by atoms with Crippen molar-refractivity contribution in [3.05, 3.63) is 0 Å². The molecule has 5 nitrogen and oxygen atoms in total. The number of aliphatic hydroxyl groups excluding tert-OH is 4. The molecule has 0 amide bonds. The molecule has 0 aromatic rings. The molecule has 5 atom stereocenters. The van der Waals surface area contributed by atoms with Gasteiger partial charge in [0.1, 0.15) is 18.3 Å². The number of hydrogen-bond donors (Lipinski definition) is 4. The van der Waals surface area contributed by atoms with E-state index in [1.807, 2.05) is 0 Å². The van der Waals surface area contributed by atoms with E-state index in [2.05, 4.69) is 4.74 Å². The van der Waals surface area contributed by atoms with E-state index in [1.165, 1.54) is 6.92 Å². The van der Waals surface area contributed by atoms with Crippen molar-refractivity contribution in [3.63, 3.8) is 0 Å². The molecule has 1 aliphatic heterocycles. The highest BCUT2D eigenvalue weighted by Gasteiger charge is 2.40. The molecule has 66 valence electrons. The zero-order chi connectivity index (χ0) is 8.59. The summed E-state index contributed by atoms with van der Waals surface area (Å²) >= 11 is 0. The van der Waals surface area contributed by atoms with Crippen LogP contribution in [-0.4, -0.2) is 51.1 Å². The van der Waals surface area contributed by atoms with Gasteiger partial charge in [0, 0.05) is 0 Å². The van der Waals surface area contributed by atoms with E-state index in [0.717, 1.165) is 0 Å². The Kier molecular flexibility index (Phi) is 2.46. The van der Waals surface area contributed by atoms with Crippen LogP contribution in [0.5, 0.6) is 0 Å². The lowest BCUT2D eigenvalue weighted by atomic mass is 10.0. The topological polar surface area (TPSA) is 90.2 Å². The van der Waals surface area contributed by atoms with Crippen LogP contribution in [0.15, 0.2) is 0 Å². The van der Waals surface area contributed by atoms with Crippen molar-refractivity contribution < 1.29 is 25.2 Å². The minimum Gasteiger partial charge on any atom is -0.388 e. The van der Waals surface area contributed by atoms with Crippen molar-refractivity contribution in [1.82, 2.24) is 0 Å². The third kappa shape index (κ3) is 1.52. The molecule has 1 saturated heterocycles. The third-order valence-corrected chi connectivity index (χ3v) is 1.83. The standard InChI is InChI=1S/C6H12O5/c1-2-3(7)4(8)5(9)6(10)11-2/h2-10H,1H3/t2?,3-,4+,5-,6?/m0/s1. The van der Waals surface area contributed by atoms with Crippen molar-refractivity contribution in [2.24, 2.45) is 0 Å². The molecule has 1 aliphatic rings. The first-order chi connectivity index (χ1) is 5.04. The van der Waals surface area contributed by atoms with E-state index in [1.54, 1.807) is 0 Å². The summed E-state index contributed by atoms with van der Waals surface area (Å²) in [4.78, 5) is 0. The predicted octanol–water partition coefficient (Wildman–Crippen LogP) is -2.19. The molecule has 2 unspecified atom stereocenters. The third-order valence-electron chi connectivity index (χ3n) is 1.83. The van der Waals surface area contributed by atoms with E-state index in [4.69, 9.17) is 20.4 Å². The molecule has 0 saturated carbocycles. The Balaban J connectivity index is 2.63. The first kappa shape index (κ1) is 8.89. The quantitative estimate of drug-likeness (QED) is 0.326. The van der Waals surface area contributed by atoms with Gasteiger partial charge in [0.25, 0.3) is 0 Å². The number of ether oxygens (including phenoxy) is 1. The van der Waals surface area contributed by atoms with Gasteiger partial charge in [-0.3, -0.25) is 0 Å². The van der Waals surface area contributed by atoms with Crippen molar-refractivity contribution in [2.45, 2.75) is 37.6 Å². The molecule has 0 aliphatic carbocycles. The van der Waals surface area contributed by atoms with Gasteiger partial charge in [0.15, 0.2) is 6.29 Å². The van der Waals surface area contributed by atoms with E-state index in [0.29, 0.717) is 0 Å². The van der Waals surface area contributed by atoms with Gasteiger partial charge in [-0.05, 0) is 6.92 Å². The van der Waals surface area contributed by atoms with Crippen molar-refractivity contribution in [3.8, 4) is 0 Å². The van der Waals surface area contributed by atoms with Gasteiger partial charge in [-0.2, -0.15) is 0 Å². The van der Waals surface area contributed by atoms with Crippen LogP contribution in [0, 0.1) is 0 Å². The molecule has 0 radical (unpaired) electrons. The highest BCUT2D eigenvalue weighted by molar-refractivity contribution is 4.86. The lowest BCUT2D eigenvalue weighted by molar-refractivity contribution is -0.277. The van der Waals surface area contributed by atoms with Gasteiger partial charge in [-0.1, -0.05) is 0 Å². The minimum atomic E-state index is -1.43. The monoisotopic (exact) mass is 164 g/mol. The second kappa shape index (κ2) is 3.04. The first-order valence-electron chi connectivity index (χ1n) is 3.41. The summed E-state index contributed by atoms with van der Waals surface area (Å²) in [5.41, 5.74) is 0. The summed E-state index contributed by atoms with van der Waals surface area (Å²) in [5.74, 6) is 0. The molecule has 1 fully saturated rings. The lowest BCUT2D eigenvalue weighted by Crippen LogP contribution is -2.56. The Hall–Kier alpha value is -0.200. The molecular weight excluding hydrogens is 152 g/mol. The van der Waals surface area contributed by atoms with E-state index in [-0.39, 0.29) is 0 Å². The summed E-state index contributed by atoms with van der Waals surface area (Å²) in [5, 5.41) is 36.0. The van der Waals surface area contributed by atoms with Crippen molar-refractivity contribution in [2.75, 3.05) is 0 Å². The molecule has 0 aromatic heterocycles. The summed E-state index contributed by atoms with van der Waals surface area (Å²) in [7, 11) is 0. The fourth-order valence-electron chi connectivity index (χ4n) is 1.03. The highest BCUT2D eigenvalue weighted by atomic mass is 16.6. The molecule has 1 heterocycles. The molecule has 5 heteroatoms. The van der Waals surface area contributed by atoms with Crippen LogP contribution < -0.4 is 0 Å². The summed E-state index contributed by atoms with van der Waals surface area (Å²) < 4.78 is 4.68. The molecule has 0 bridgehead atoms. The van der Waals surface area contributed by atoms with Gasteiger partial charge in [-0.25, -0.2) is 0 Å². The average molecular weight is 164 g/mol. The van der Waals surface area contributed by atoms with Crippen molar-refractivity contribution >= 4 is 0 Å². The Labute approximate surface area is 63.8 Å². The summed E-state index contributed by atoms with van der Waals surface area (Å²) in [6, 6.07) is 0. The fraction of sp³-hybridized carbons (Fsp3) is 1.00. The van der Waals surface area contributed by atoms with Crippen LogP contribution >= 0.6 is 0 Å². The number of hydrogen-bond acceptors (Lipinski definition) is 5. The smallest absolute Gasteiger partial charge is 0.183 e. The summed E-state index contributed by atoms with van der Waals surface area (Å²) in [6.07, 6.45) is -5.99. The largest absolute Gasteiger partial charge is 0.388 e.